The van der Waals surface area contributed by atoms with Crippen molar-refractivity contribution in [1.29, 1.82) is 0 Å². The molecule has 0 fully saturated rings. The van der Waals surface area contributed by atoms with Gasteiger partial charge < -0.3 is 20.9 Å². The van der Waals surface area contributed by atoms with Gasteiger partial charge in [0.05, 0.1) is 12.2 Å². The van der Waals surface area contributed by atoms with Crippen molar-refractivity contribution in [1.82, 2.24) is 35.9 Å². The predicted octanol–water partition coefficient (Wildman–Crippen LogP) is 3.68. The Labute approximate surface area is 246 Å². The van der Waals surface area contributed by atoms with E-state index in [-0.39, 0.29) is 29.9 Å². The Kier molecular flexibility index (Phi) is 10.5. The molecule has 1 aliphatic heterocycles. The smallest absolute Gasteiger partial charge is 0.245 e. The van der Waals surface area contributed by atoms with E-state index >= 15 is 0 Å². The normalized spacial score (nSPS) is 21.7. The van der Waals surface area contributed by atoms with Crippen molar-refractivity contribution in [3.8, 4) is 0 Å². The van der Waals surface area contributed by atoms with E-state index in [9.17, 15) is 19.2 Å². The van der Waals surface area contributed by atoms with Crippen LogP contribution in [0.1, 0.15) is 96.0 Å². The number of aromatic nitrogens is 4. The summed E-state index contributed by atoms with van der Waals surface area (Å²) in [7, 11) is 0. The first-order valence-corrected chi connectivity index (χ1v) is 15.1. The highest BCUT2D eigenvalue weighted by Gasteiger charge is 2.32. The highest BCUT2D eigenvalue weighted by Crippen LogP contribution is 2.23. The van der Waals surface area contributed by atoms with Gasteiger partial charge in [0, 0.05) is 36.4 Å². The molecule has 3 heterocycles. The number of hydrogen-bond acceptors (Lipinski definition) is 6. The zero-order valence-corrected chi connectivity index (χ0v) is 25.0. The fraction of sp³-hybridized carbons (Fsp3) is 0.548. The van der Waals surface area contributed by atoms with Crippen LogP contribution in [0.3, 0.4) is 0 Å². The SMILES string of the molecule is CCC(=O)CCCCC[C@@H]1NC(=O)[C@@H](C)n2cc(nn2)[C@@H](CC(C)C)NC(=O)[C@H](Cc2c[nH]c3ccccc23)NC1=O. The predicted molar refractivity (Wildman–Crippen MR) is 159 cm³/mol. The van der Waals surface area contributed by atoms with Gasteiger partial charge in [-0.3, -0.25) is 19.2 Å². The average Bonchev–Trinajstić information content (AvgIpc) is 3.62. The molecule has 11 heteroatoms. The number of aromatic amines is 1. The van der Waals surface area contributed by atoms with Crippen LogP contribution < -0.4 is 16.0 Å². The molecule has 0 aliphatic carbocycles. The van der Waals surface area contributed by atoms with Gasteiger partial charge in [0.1, 0.15) is 29.6 Å². The van der Waals surface area contributed by atoms with Crippen molar-refractivity contribution >= 4 is 34.4 Å². The first-order chi connectivity index (χ1) is 20.2. The topological polar surface area (TPSA) is 151 Å². The molecule has 3 aromatic rings. The quantitative estimate of drug-likeness (QED) is 0.255. The van der Waals surface area contributed by atoms with Crippen LogP contribution in [0.2, 0.25) is 0 Å². The van der Waals surface area contributed by atoms with Crippen LogP contribution >= 0.6 is 0 Å². The number of rotatable bonds is 11. The number of H-pyrrole nitrogens is 1. The minimum Gasteiger partial charge on any atom is -0.361 e. The van der Waals surface area contributed by atoms with Gasteiger partial charge in [-0.2, -0.15) is 0 Å². The van der Waals surface area contributed by atoms with Crippen molar-refractivity contribution in [3.05, 3.63) is 47.9 Å². The average molecular weight is 578 g/mol. The molecule has 0 saturated carbocycles. The summed E-state index contributed by atoms with van der Waals surface area (Å²) < 4.78 is 1.47. The van der Waals surface area contributed by atoms with Crippen molar-refractivity contribution in [3.63, 3.8) is 0 Å². The van der Waals surface area contributed by atoms with Crippen LogP contribution in [0.4, 0.5) is 0 Å². The van der Waals surface area contributed by atoms with Gasteiger partial charge in [0.25, 0.3) is 0 Å². The van der Waals surface area contributed by atoms with E-state index in [2.05, 4.69) is 45.1 Å². The molecular formula is C31H43N7O4. The van der Waals surface area contributed by atoms with E-state index in [1.165, 1.54) is 4.68 Å². The van der Waals surface area contributed by atoms with Gasteiger partial charge in [-0.05, 0) is 43.7 Å². The molecule has 2 aromatic heterocycles. The van der Waals surface area contributed by atoms with Crippen LogP contribution in [0.25, 0.3) is 10.9 Å². The van der Waals surface area contributed by atoms with Crippen LogP contribution in [0, 0.1) is 5.92 Å². The molecule has 4 atom stereocenters. The third-order valence-corrected chi connectivity index (χ3v) is 7.89. The van der Waals surface area contributed by atoms with Crippen molar-refractivity contribution in [2.45, 2.75) is 103 Å². The molecule has 226 valence electrons. The fourth-order valence-corrected chi connectivity index (χ4v) is 5.34. The molecule has 11 nitrogen and oxygen atoms in total. The van der Waals surface area contributed by atoms with Crippen LogP contribution in [0.5, 0.6) is 0 Å². The summed E-state index contributed by atoms with van der Waals surface area (Å²) in [6.45, 7) is 7.67. The molecule has 0 radical (unpaired) electrons. The third-order valence-electron chi connectivity index (χ3n) is 7.89. The zero-order chi connectivity index (χ0) is 30.2. The number of para-hydroxylation sites is 1. The van der Waals surface area contributed by atoms with Gasteiger partial charge in [-0.15, -0.1) is 5.10 Å². The number of ketones is 1. The maximum atomic E-state index is 13.8. The molecule has 1 aliphatic rings. The third kappa shape index (κ3) is 7.83. The molecule has 4 rings (SSSR count). The summed E-state index contributed by atoms with van der Waals surface area (Å²) in [5.41, 5.74) is 2.40. The Morgan fingerprint density at radius 3 is 2.43 bits per heavy atom. The van der Waals surface area contributed by atoms with E-state index in [1.54, 1.807) is 13.1 Å². The number of benzene rings is 1. The molecule has 0 unspecified atom stereocenters. The molecule has 0 spiro atoms. The number of nitrogens with one attached hydrogen (secondary N) is 4. The Bertz CT molecular complexity index is 1390. The van der Waals surface area contributed by atoms with Crippen LogP contribution in [-0.2, 0) is 25.6 Å². The number of unbranched alkanes of at least 4 members (excludes halogenated alkanes) is 2. The fourth-order valence-electron chi connectivity index (χ4n) is 5.34. The first-order valence-electron chi connectivity index (χ1n) is 15.1. The van der Waals surface area contributed by atoms with E-state index in [0.29, 0.717) is 37.8 Å². The van der Waals surface area contributed by atoms with Gasteiger partial charge in [0.15, 0.2) is 0 Å². The summed E-state index contributed by atoms with van der Waals surface area (Å²) in [5, 5.41) is 18.4. The van der Waals surface area contributed by atoms with E-state index in [1.807, 2.05) is 37.4 Å². The largest absolute Gasteiger partial charge is 0.361 e. The lowest BCUT2D eigenvalue weighted by atomic mass is 9.99. The highest BCUT2D eigenvalue weighted by molar-refractivity contribution is 5.93. The zero-order valence-electron chi connectivity index (χ0n) is 25.0. The number of hydrogen-bond donors (Lipinski definition) is 4. The lowest BCUT2D eigenvalue weighted by molar-refractivity contribution is -0.133. The summed E-state index contributed by atoms with van der Waals surface area (Å²) in [5.74, 6) is -0.649. The Morgan fingerprint density at radius 1 is 0.952 bits per heavy atom. The number of fused-ring (bicyclic) bond motifs is 3. The van der Waals surface area contributed by atoms with E-state index in [4.69, 9.17) is 0 Å². The lowest BCUT2D eigenvalue weighted by Crippen LogP contribution is -2.55. The van der Waals surface area contributed by atoms with Gasteiger partial charge >= 0.3 is 0 Å². The summed E-state index contributed by atoms with van der Waals surface area (Å²) >= 11 is 0. The number of nitrogens with zero attached hydrogens (tertiary/aromatic N) is 3. The highest BCUT2D eigenvalue weighted by atomic mass is 16.2. The molecule has 3 amide bonds. The Hall–Kier alpha value is -4.02. The first kappa shape index (κ1) is 30.9. The molecule has 0 saturated heterocycles. The number of carbonyl (C=O) groups excluding carboxylic acids is 4. The maximum Gasteiger partial charge on any atom is 0.245 e. The molecule has 2 bridgehead atoms. The number of carbonyl (C=O) groups is 4. The second-order valence-electron chi connectivity index (χ2n) is 11.7. The molecule has 42 heavy (non-hydrogen) atoms. The summed E-state index contributed by atoms with van der Waals surface area (Å²) in [6.07, 6.45) is 7.97. The van der Waals surface area contributed by atoms with Crippen LogP contribution in [-0.4, -0.2) is 55.6 Å². The van der Waals surface area contributed by atoms with Crippen molar-refractivity contribution in [2.75, 3.05) is 0 Å². The minimum atomic E-state index is -0.888. The monoisotopic (exact) mass is 577 g/mol. The second kappa shape index (κ2) is 14.2. The van der Waals surface area contributed by atoms with E-state index in [0.717, 1.165) is 29.3 Å². The van der Waals surface area contributed by atoms with Crippen molar-refractivity contribution in [2.24, 2.45) is 5.92 Å². The Morgan fingerprint density at radius 2 is 1.67 bits per heavy atom. The molecule has 1 aromatic carbocycles. The number of Topliss-reactive ketones (excluding diaryl/α,β-unsaturated/α-hetero) is 1. The minimum absolute atomic E-state index is 0.214. The molecule has 4 N–H and O–H groups in total. The van der Waals surface area contributed by atoms with E-state index < -0.39 is 30.1 Å². The van der Waals surface area contributed by atoms with Gasteiger partial charge in [-0.25, -0.2) is 4.68 Å². The maximum absolute atomic E-state index is 13.8. The number of amides is 3. The standard InChI is InChI=1S/C31H43N7O4/c1-5-22(39)11-7-6-8-14-25-30(41)35-27(16-21-17-32-24-13-10-9-12-23(21)24)31(42)34-26(15-19(2)3)28-18-38(37-36-28)20(4)29(40)33-25/h9-10,12-13,17-20,25-27,32H,5-8,11,14-16H2,1-4H3,(H,33,40)(H,34,42)(H,35,41)/t20-,25+,26-,27+/m1/s1. The van der Waals surface area contributed by atoms with Gasteiger partial charge in [-0.1, -0.05) is 57.0 Å². The summed E-state index contributed by atoms with van der Waals surface area (Å²) in [6, 6.07) is 4.93. The second-order valence-corrected chi connectivity index (χ2v) is 11.7. The van der Waals surface area contributed by atoms with Crippen molar-refractivity contribution < 1.29 is 19.2 Å². The lowest BCUT2D eigenvalue weighted by Gasteiger charge is -2.26. The van der Waals surface area contributed by atoms with Crippen LogP contribution in [0.15, 0.2) is 36.7 Å². The Balaban J connectivity index is 1.62. The van der Waals surface area contributed by atoms with Gasteiger partial charge in [0.2, 0.25) is 17.7 Å². The molecular weight excluding hydrogens is 534 g/mol. The summed E-state index contributed by atoms with van der Waals surface area (Å²) in [4.78, 5) is 55.8.